The summed E-state index contributed by atoms with van der Waals surface area (Å²) in [6.45, 7) is 7.64. The van der Waals surface area contributed by atoms with E-state index >= 15 is 0 Å². The molecular formula is C19H26N6O2S. The number of piperazine rings is 1. The first-order chi connectivity index (χ1) is 13.2. The lowest BCUT2D eigenvalue weighted by atomic mass is 10.0. The van der Waals surface area contributed by atoms with Crippen molar-refractivity contribution in [1.29, 1.82) is 0 Å². The number of nitrogens with two attached hydrogens (primary N) is 1. The van der Waals surface area contributed by atoms with Gasteiger partial charge >= 0.3 is 0 Å². The zero-order valence-corrected chi connectivity index (χ0v) is 17.2. The highest BCUT2D eigenvalue weighted by Gasteiger charge is 2.34. The lowest BCUT2D eigenvalue weighted by molar-refractivity contribution is -0.134. The van der Waals surface area contributed by atoms with Gasteiger partial charge < -0.3 is 16.4 Å². The van der Waals surface area contributed by atoms with Crippen LogP contribution in [-0.2, 0) is 21.7 Å². The molecule has 2 aromatic rings. The summed E-state index contributed by atoms with van der Waals surface area (Å²) in [5.74, 6) is -0.331. The van der Waals surface area contributed by atoms with Gasteiger partial charge in [-0.3, -0.25) is 14.5 Å². The molecule has 1 fully saturated rings. The van der Waals surface area contributed by atoms with Gasteiger partial charge in [0.05, 0.1) is 18.0 Å². The molecule has 0 spiro atoms. The van der Waals surface area contributed by atoms with Gasteiger partial charge in [0.1, 0.15) is 5.01 Å². The number of hydrogen-bond donors (Lipinski definition) is 3. The number of aryl methyl sites for hydroxylation is 1. The average molecular weight is 403 g/mol. The quantitative estimate of drug-likeness (QED) is 0.668. The van der Waals surface area contributed by atoms with E-state index in [0.29, 0.717) is 29.8 Å². The van der Waals surface area contributed by atoms with E-state index in [2.05, 4.69) is 31.8 Å². The van der Waals surface area contributed by atoms with Gasteiger partial charge in [0.25, 0.3) is 0 Å². The number of hydrogen-bond acceptors (Lipinski definition) is 7. The van der Waals surface area contributed by atoms with Crippen LogP contribution in [-0.4, -0.2) is 46.0 Å². The van der Waals surface area contributed by atoms with Crippen LogP contribution >= 0.6 is 11.3 Å². The molecule has 28 heavy (non-hydrogen) atoms. The largest absolute Gasteiger partial charge is 0.374 e. The Balaban J connectivity index is 1.68. The van der Waals surface area contributed by atoms with Crippen LogP contribution in [0.2, 0.25) is 0 Å². The molecule has 150 valence electrons. The molecule has 1 aromatic heterocycles. The average Bonchev–Trinajstić information content (AvgIpc) is 3.05. The lowest BCUT2D eigenvalue weighted by Crippen LogP contribution is -2.56. The summed E-state index contributed by atoms with van der Waals surface area (Å²) < 4.78 is 0. The fraction of sp³-hybridized carbons (Fsp3) is 0.474. The van der Waals surface area contributed by atoms with Crippen molar-refractivity contribution in [3.63, 3.8) is 0 Å². The molecular weight excluding hydrogens is 376 g/mol. The molecule has 2 heterocycles. The maximum absolute atomic E-state index is 12.7. The minimum atomic E-state index is -0.709. The van der Waals surface area contributed by atoms with Crippen molar-refractivity contribution in [2.45, 2.75) is 45.3 Å². The molecule has 0 saturated carbocycles. The first-order valence-corrected chi connectivity index (χ1v) is 10.0. The summed E-state index contributed by atoms with van der Waals surface area (Å²) in [6.07, 6.45) is 0.0787. The monoisotopic (exact) mass is 402 g/mol. The molecule has 4 N–H and O–H groups in total. The number of anilines is 1. The molecule has 1 saturated heterocycles. The predicted molar refractivity (Wildman–Crippen MR) is 108 cm³/mol. The third-order valence-corrected chi connectivity index (χ3v) is 5.79. The fourth-order valence-electron chi connectivity index (χ4n) is 3.33. The van der Waals surface area contributed by atoms with Gasteiger partial charge in [0.15, 0.2) is 0 Å². The second kappa shape index (κ2) is 8.24. The highest BCUT2D eigenvalue weighted by Crippen LogP contribution is 2.25. The zero-order valence-electron chi connectivity index (χ0n) is 16.4. The number of nitrogens with zero attached hydrogens (tertiary/aromatic N) is 3. The maximum Gasteiger partial charge on any atom is 0.237 e. The minimum absolute atomic E-state index is 0.0787. The van der Waals surface area contributed by atoms with Crippen molar-refractivity contribution in [3.8, 4) is 0 Å². The van der Waals surface area contributed by atoms with Gasteiger partial charge in [-0.2, -0.15) is 0 Å². The molecule has 0 bridgehead atoms. The summed E-state index contributed by atoms with van der Waals surface area (Å²) >= 11 is 1.24. The lowest BCUT2D eigenvalue weighted by Gasteiger charge is -2.35. The molecule has 1 unspecified atom stereocenters. The highest BCUT2D eigenvalue weighted by atomic mass is 32.1. The predicted octanol–water partition coefficient (Wildman–Crippen LogP) is 1.17. The van der Waals surface area contributed by atoms with Gasteiger partial charge in [-0.25, -0.2) is 0 Å². The zero-order chi connectivity index (χ0) is 20.3. The highest BCUT2D eigenvalue weighted by molar-refractivity contribution is 7.15. The molecule has 1 atom stereocenters. The SMILES string of the molecule is Cc1cccc(CN2CCNC(=O)C2CC(=O)NC(C)(C)c2nnc(N)s2)c1. The molecule has 1 aromatic carbocycles. The number of nitrogens with one attached hydrogen (secondary N) is 2. The van der Waals surface area contributed by atoms with Gasteiger partial charge in [-0.1, -0.05) is 41.2 Å². The molecule has 1 aliphatic heterocycles. The van der Waals surface area contributed by atoms with Crippen LogP contribution in [0.25, 0.3) is 0 Å². The first-order valence-electron chi connectivity index (χ1n) is 9.22. The summed E-state index contributed by atoms with van der Waals surface area (Å²) in [4.78, 5) is 27.2. The van der Waals surface area contributed by atoms with E-state index in [4.69, 9.17) is 5.73 Å². The van der Waals surface area contributed by atoms with Gasteiger partial charge in [-0.15, -0.1) is 10.2 Å². The van der Waals surface area contributed by atoms with E-state index in [1.807, 2.05) is 39.0 Å². The molecule has 2 amide bonds. The Labute approximate surface area is 168 Å². The van der Waals surface area contributed by atoms with Crippen LogP contribution < -0.4 is 16.4 Å². The molecule has 3 rings (SSSR count). The molecule has 1 aliphatic rings. The van der Waals surface area contributed by atoms with Crippen LogP contribution in [0.4, 0.5) is 5.13 Å². The van der Waals surface area contributed by atoms with Crippen LogP contribution in [0.3, 0.4) is 0 Å². The Bertz CT molecular complexity index is 866. The number of carbonyl (C=O) groups is 2. The van der Waals surface area contributed by atoms with E-state index < -0.39 is 11.6 Å². The van der Waals surface area contributed by atoms with Crippen molar-refractivity contribution in [2.75, 3.05) is 18.8 Å². The van der Waals surface area contributed by atoms with E-state index in [0.717, 1.165) is 5.56 Å². The summed E-state index contributed by atoms with van der Waals surface area (Å²) in [5, 5.41) is 14.6. The minimum Gasteiger partial charge on any atom is -0.374 e. The maximum atomic E-state index is 12.7. The fourth-order valence-corrected chi connectivity index (χ4v) is 4.00. The van der Waals surface area contributed by atoms with E-state index in [1.54, 1.807) is 0 Å². The number of benzene rings is 1. The molecule has 8 nitrogen and oxygen atoms in total. The molecule has 0 radical (unpaired) electrons. The van der Waals surface area contributed by atoms with Crippen molar-refractivity contribution >= 4 is 28.3 Å². The summed E-state index contributed by atoms with van der Waals surface area (Å²) in [5.41, 5.74) is 7.24. The Morgan fingerprint density at radius 3 is 2.89 bits per heavy atom. The summed E-state index contributed by atoms with van der Waals surface area (Å²) in [7, 11) is 0. The van der Waals surface area contributed by atoms with Crippen molar-refractivity contribution in [3.05, 3.63) is 40.4 Å². The number of nitrogen functional groups attached to an aromatic ring is 1. The Morgan fingerprint density at radius 1 is 1.43 bits per heavy atom. The second-order valence-corrected chi connectivity index (χ2v) is 8.60. The van der Waals surface area contributed by atoms with Crippen LogP contribution in [0, 0.1) is 6.92 Å². The van der Waals surface area contributed by atoms with Gasteiger partial charge in [0.2, 0.25) is 16.9 Å². The number of amides is 2. The number of aromatic nitrogens is 2. The van der Waals surface area contributed by atoms with E-state index in [1.165, 1.54) is 16.9 Å². The molecule has 0 aliphatic carbocycles. The smallest absolute Gasteiger partial charge is 0.237 e. The molecule has 9 heteroatoms. The number of carbonyl (C=O) groups excluding carboxylic acids is 2. The Morgan fingerprint density at radius 2 is 2.21 bits per heavy atom. The van der Waals surface area contributed by atoms with Crippen LogP contribution in [0.5, 0.6) is 0 Å². The van der Waals surface area contributed by atoms with Crippen molar-refractivity contribution in [1.82, 2.24) is 25.7 Å². The first kappa shape index (κ1) is 20.2. The third-order valence-electron chi connectivity index (χ3n) is 4.72. The second-order valence-electron chi connectivity index (χ2n) is 7.59. The van der Waals surface area contributed by atoms with Crippen molar-refractivity contribution < 1.29 is 9.59 Å². The summed E-state index contributed by atoms with van der Waals surface area (Å²) in [6, 6.07) is 7.68. The topological polar surface area (TPSA) is 113 Å². The number of rotatable bonds is 6. The van der Waals surface area contributed by atoms with Crippen LogP contribution in [0.1, 0.15) is 36.4 Å². The van der Waals surface area contributed by atoms with E-state index in [9.17, 15) is 9.59 Å². The third kappa shape index (κ3) is 4.85. The Kier molecular flexibility index (Phi) is 5.95. The van der Waals surface area contributed by atoms with Crippen molar-refractivity contribution in [2.24, 2.45) is 0 Å². The normalized spacial score (nSPS) is 18.0. The van der Waals surface area contributed by atoms with Crippen LogP contribution in [0.15, 0.2) is 24.3 Å². The Hall–Kier alpha value is -2.52. The van der Waals surface area contributed by atoms with Gasteiger partial charge in [0, 0.05) is 19.6 Å². The standard InChI is InChI=1S/C19H26N6O2S/c1-12-5-4-6-13(9-12)11-25-8-7-21-16(27)14(25)10-15(26)22-19(2,3)17-23-24-18(20)28-17/h4-6,9,14H,7-8,10-11H2,1-3H3,(H2,20,24)(H,21,27)(H,22,26). The van der Waals surface area contributed by atoms with E-state index in [-0.39, 0.29) is 18.2 Å². The van der Waals surface area contributed by atoms with Gasteiger partial charge in [-0.05, 0) is 26.3 Å².